The third-order valence-electron chi connectivity index (χ3n) is 3.31. The molecule has 1 aliphatic heterocycles. The Hall–Kier alpha value is -2.36. The van der Waals surface area contributed by atoms with Crippen LogP contribution in [0.5, 0.6) is 0 Å². The predicted octanol–water partition coefficient (Wildman–Crippen LogP) is 2.13. The first-order chi connectivity index (χ1) is 9.13. The number of carbonyl (C=O) groups is 1. The predicted molar refractivity (Wildman–Crippen MR) is 73.4 cm³/mol. The van der Waals surface area contributed by atoms with Crippen LogP contribution in [0.15, 0.2) is 36.4 Å². The molecule has 4 heteroatoms. The molecule has 19 heavy (non-hydrogen) atoms. The summed E-state index contributed by atoms with van der Waals surface area (Å²) in [6.07, 6.45) is 0. The monoisotopic (exact) mass is 253 g/mol. The third kappa shape index (κ3) is 2.17. The van der Waals surface area contributed by atoms with E-state index in [4.69, 9.17) is 5.73 Å². The van der Waals surface area contributed by atoms with Crippen LogP contribution in [0, 0.1) is 6.92 Å². The lowest BCUT2D eigenvalue weighted by atomic mass is 10.1. The molecular formula is C15H15N3O. The van der Waals surface area contributed by atoms with Gasteiger partial charge in [-0.1, -0.05) is 12.1 Å². The van der Waals surface area contributed by atoms with Crippen LogP contribution in [-0.2, 0) is 13.1 Å². The van der Waals surface area contributed by atoms with Gasteiger partial charge in [-0.15, -0.1) is 0 Å². The Morgan fingerprint density at radius 3 is 2.95 bits per heavy atom. The van der Waals surface area contributed by atoms with E-state index in [1.54, 1.807) is 11.0 Å². The minimum absolute atomic E-state index is 0.0330. The van der Waals surface area contributed by atoms with Gasteiger partial charge in [-0.2, -0.15) is 0 Å². The maximum atomic E-state index is 12.3. The van der Waals surface area contributed by atoms with Crippen LogP contribution in [-0.4, -0.2) is 15.8 Å². The third-order valence-corrected chi connectivity index (χ3v) is 3.31. The number of pyridine rings is 1. The highest BCUT2D eigenvalue weighted by molar-refractivity contribution is 5.99. The van der Waals surface area contributed by atoms with E-state index >= 15 is 0 Å². The lowest BCUT2D eigenvalue weighted by molar-refractivity contribution is 0.0764. The maximum Gasteiger partial charge on any atom is 0.254 e. The van der Waals surface area contributed by atoms with Gasteiger partial charge < -0.3 is 10.6 Å². The van der Waals surface area contributed by atoms with Crippen molar-refractivity contribution < 1.29 is 4.79 Å². The van der Waals surface area contributed by atoms with E-state index in [0.29, 0.717) is 24.3 Å². The number of fused-ring (bicyclic) bond motifs is 1. The first kappa shape index (κ1) is 11.7. The summed E-state index contributed by atoms with van der Waals surface area (Å²) >= 11 is 0. The van der Waals surface area contributed by atoms with Gasteiger partial charge in [-0.25, -0.2) is 0 Å². The van der Waals surface area contributed by atoms with Crippen LogP contribution in [0.1, 0.15) is 27.3 Å². The van der Waals surface area contributed by atoms with E-state index in [9.17, 15) is 4.79 Å². The number of anilines is 1. The summed E-state index contributed by atoms with van der Waals surface area (Å²) in [5, 5.41) is 0. The van der Waals surface area contributed by atoms with Crippen molar-refractivity contribution in [2.24, 2.45) is 0 Å². The average molecular weight is 253 g/mol. The molecule has 4 nitrogen and oxygen atoms in total. The molecule has 0 radical (unpaired) electrons. The van der Waals surface area contributed by atoms with Crippen molar-refractivity contribution in [3.63, 3.8) is 0 Å². The summed E-state index contributed by atoms with van der Waals surface area (Å²) in [5.74, 6) is 0.0330. The molecule has 0 unspecified atom stereocenters. The van der Waals surface area contributed by atoms with Crippen molar-refractivity contribution in [2.75, 3.05) is 5.73 Å². The van der Waals surface area contributed by atoms with Crippen molar-refractivity contribution in [2.45, 2.75) is 20.0 Å². The summed E-state index contributed by atoms with van der Waals surface area (Å²) in [4.78, 5) is 18.5. The fraction of sp³-hybridized carbons (Fsp3) is 0.200. The van der Waals surface area contributed by atoms with E-state index in [1.807, 2.05) is 37.3 Å². The van der Waals surface area contributed by atoms with E-state index in [-0.39, 0.29) is 5.91 Å². The molecule has 0 spiro atoms. The zero-order chi connectivity index (χ0) is 13.4. The van der Waals surface area contributed by atoms with Crippen LogP contribution < -0.4 is 5.73 Å². The summed E-state index contributed by atoms with van der Waals surface area (Å²) in [6.45, 7) is 3.11. The van der Waals surface area contributed by atoms with Crippen LogP contribution in [0.4, 0.5) is 5.69 Å². The van der Waals surface area contributed by atoms with Gasteiger partial charge in [-0.3, -0.25) is 9.78 Å². The Kier molecular flexibility index (Phi) is 2.71. The number of benzene rings is 1. The number of aryl methyl sites for hydroxylation is 1. The van der Waals surface area contributed by atoms with Crippen LogP contribution in [0.3, 0.4) is 0 Å². The summed E-state index contributed by atoms with van der Waals surface area (Å²) < 4.78 is 0. The standard InChI is InChI=1S/C15H15N3O/c1-10-3-2-4-13(17-10)9-18-8-11-5-6-12(16)7-14(11)15(18)19/h2-7H,8-9,16H2,1H3. The molecule has 1 aromatic carbocycles. The second-order valence-electron chi connectivity index (χ2n) is 4.85. The highest BCUT2D eigenvalue weighted by Gasteiger charge is 2.27. The Morgan fingerprint density at radius 1 is 1.32 bits per heavy atom. The number of amides is 1. The lowest BCUT2D eigenvalue weighted by Gasteiger charge is -2.15. The van der Waals surface area contributed by atoms with Crippen molar-refractivity contribution in [3.05, 3.63) is 58.9 Å². The number of nitrogens with two attached hydrogens (primary N) is 1. The minimum atomic E-state index is 0.0330. The summed E-state index contributed by atoms with van der Waals surface area (Å²) in [6, 6.07) is 11.4. The first-order valence-corrected chi connectivity index (χ1v) is 6.24. The molecule has 0 saturated carbocycles. The van der Waals surface area contributed by atoms with Crippen molar-refractivity contribution in [3.8, 4) is 0 Å². The first-order valence-electron chi connectivity index (χ1n) is 6.24. The molecule has 0 fully saturated rings. The van der Waals surface area contributed by atoms with Gasteiger partial charge in [0.1, 0.15) is 0 Å². The molecule has 2 aromatic rings. The number of carbonyl (C=O) groups excluding carboxylic acids is 1. The number of rotatable bonds is 2. The zero-order valence-corrected chi connectivity index (χ0v) is 10.8. The zero-order valence-electron chi connectivity index (χ0n) is 10.8. The molecule has 0 atom stereocenters. The number of nitrogens with zero attached hydrogens (tertiary/aromatic N) is 2. The maximum absolute atomic E-state index is 12.3. The van der Waals surface area contributed by atoms with Crippen molar-refractivity contribution >= 4 is 11.6 Å². The molecule has 0 bridgehead atoms. The van der Waals surface area contributed by atoms with Crippen molar-refractivity contribution in [1.82, 2.24) is 9.88 Å². The molecule has 96 valence electrons. The van der Waals surface area contributed by atoms with Gasteiger partial charge in [0.15, 0.2) is 0 Å². The quantitative estimate of drug-likeness (QED) is 0.834. The number of aromatic nitrogens is 1. The fourth-order valence-corrected chi connectivity index (χ4v) is 2.39. The lowest BCUT2D eigenvalue weighted by Crippen LogP contribution is -2.23. The van der Waals surface area contributed by atoms with Gasteiger partial charge in [0.2, 0.25) is 0 Å². The molecule has 1 aliphatic rings. The molecule has 3 rings (SSSR count). The second-order valence-corrected chi connectivity index (χ2v) is 4.85. The van der Waals surface area contributed by atoms with Crippen molar-refractivity contribution in [1.29, 1.82) is 0 Å². The summed E-state index contributed by atoms with van der Waals surface area (Å²) in [7, 11) is 0. The topological polar surface area (TPSA) is 59.2 Å². The van der Waals surface area contributed by atoms with Gasteiger partial charge >= 0.3 is 0 Å². The highest BCUT2D eigenvalue weighted by atomic mass is 16.2. The van der Waals surface area contributed by atoms with Crippen LogP contribution >= 0.6 is 0 Å². The van der Waals surface area contributed by atoms with Gasteiger partial charge in [0.25, 0.3) is 5.91 Å². The molecule has 1 amide bonds. The molecule has 2 N–H and O–H groups in total. The van der Waals surface area contributed by atoms with Gasteiger partial charge in [0, 0.05) is 23.5 Å². The molecule has 0 aliphatic carbocycles. The smallest absolute Gasteiger partial charge is 0.254 e. The largest absolute Gasteiger partial charge is 0.399 e. The van der Waals surface area contributed by atoms with E-state index in [0.717, 1.165) is 17.0 Å². The van der Waals surface area contributed by atoms with E-state index in [1.165, 1.54) is 0 Å². The normalized spacial score (nSPS) is 13.7. The second kappa shape index (κ2) is 4.39. The van der Waals surface area contributed by atoms with E-state index < -0.39 is 0 Å². The average Bonchev–Trinajstić information content (AvgIpc) is 2.67. The molecule has 0 saturated heterocycles. The van der Waals surface area contributed by atoms with Gasteiger partial charge in [0.05, 0.1) is 12.2 Å². The Bertz CT molecular complexity index is 652. The number of nitrogen functional groups attached to an aromatic ring is 1. The van der Waals surface area contributed by atoms with Crippen LogP contribution in [0.2, 0.25) is 0 Å². The highest BCUT2D eigenvalue weighted by Crippen LogP contribution is 2.25. The SMILES string of the molecule is Cc1cccc(CN2Cc3ccc(N)cc3C2=O)n1. The van der Waals surface area contributed by atoms with Gasteiger partial charge in [-0.05, 0) is 36.8 Å². The number of hydrogen-bond donors (Lipinski definition) is 1. The van der Waals surface area contributed by atoms with E-state index in [2.05, 4.69) is 4.98 Å². The Labute approximate surface area is 111 Å². The van der Waals surface area contributed by atoms with Crippen LogP contribution in [0.25, 0.3) is 0 Å². The number of hydrogen-bond acceptors (Lipinski definition) is 3. The molecular weight excluding hydrogens is 238 g/mol. The minimum Gasteiger partial charge on any atom is -0.399 e. The molecule has 1 aromatic heterocycles. The molecule has 2 heterocycles. The summed E-state index contributed by atoms with van der Waals surface area (Å²) in [5.41, 5.74) is 9.98. The Morgan fingerprint density at radius 2 is 2.16 bits per heavy atom. The Balaban J connectivity index is 1.84. The fourth-order valence-electron chi connectivity index (χ4n) is 2.39.